The van der Waals surface area contributed by atoms with Gasteiger partial charge in [0, 0.05) is 29.2 Å². The normalized spacial score (nSPS) is 11.2. The van der Waals surface area contributed by atoms with Gasteiger partial charge in [-0.25, -0.2) is 9.18 Å². The molecule has 2 aromatic heterocycles. The first-order chi connectivity index (χ1) is 11.2. The number of aromatic nitrogens is 3. The summed E-state index contributed by atoms with van der Waals surface area (Å²) in [5, 5.41) is 4.69. The Kier molecular flexibility index (Phi) is 3.08. The first-order valence-corrected chi connectivity index (χ1v) is 7.09. The second-order valence-electron chi connectivity index (χ2n) is 5.29. The molecule has 0 aliphatic rings. The summed E-state index contributed by atoms with van der Waals surface area (Å²) in [6, 6.07) is 14.2. The van der Waals surface area contributed by atoms with Gasteiger partial charge in [-0.2, -0.15) is 0 Å². The quantitative estimate of drug-likeness (QED) is 0.632. The Morgan fingerprint density at radius 2 is 2.09 bits per heavy atom. The lowest BCUT2D eigenvalue weighted by atomic mass is 10.1. The van der Waals surface area contributed by atoms with E-state index in [1.165, 1.54) is 12.1 Å². The van der Waals surface area contributed by atoms with E-state index in [0.717, 1.165) is 22.0 Å². The molecule has 2 aromatic carbocycles. The zero-order chi connectivity index (χ0) is 15.8. The summed E-state index contributed by atoms with van der Waals surface area (Å²) >= 11 is 0. The van der Waals surface area contributed by atoms with Crippen LogP contribution >= 0.6 is 0 Å². The lowest BCUT2D eigenvalue weighted by Gasteiger charge is -2.06. The first kappa shape index (κ1) is 13.5. The van der Waals surface area contributed by atoms with Crippen LogP contribution in [-0.4, -0.2) is 14.7 Å². The molecule has 1 N–H and O–H groups in total. The molecule has 0 saturated carbocycles. The maximum absolute atomic E-state index is 13.3. The van der Waals surface area contributed by atoms with Gasteiger partial charge in [0.1, 0.15) is 5.82 Å². The van der Waals surface area contributed by atoms with Crippen molar-refractivity contribution < 1.29 is 8.91 Å². The minimum atomic E-state index is -0.580. The third-order valence-electron chi connectivity index (χ3n) is 3.73. The van der Waals surface area contributed by atoms with Crippen LogP contribution in [0.3, 0.4) is 0 Å². The smallest absolute Gasteiger partial charge is 0.343 e. The van der Waals surface area contributed by atoms with E-state index in [1.807, 2.05) is 41.1 Å². The van der Waals surface area contributed by atoms with Crippen LogP contribution in [0.25, 0.3) is 22.3 Å². The SMILES string of the molecule is O=c1[nH]c(-c2ccc3c(ccn3Cc3cccc(F)c3)c2)no1. The first-order valence-electron chi connectivity index (χ1n) is 7.09. The number of hydrogen-bond acceptors (Lipinski definition) is 3. The molecule has 0 aliphatic carbocycles. The van der Waals surface area contributed by atoms with Crippen LogP contribution in [0.1, 0.15) is 5.56 Å². The molecule has 4 rings (SSSR count). The van der Waals surface area contributed by atoms with Crippen LogP contribution in [0.4, 0.5) is 4.39 Å². The molecule has 0 amide bonds. The Labute approximate surface area is 130 Å². The molecule has 0 fully saturated rings. The van der Waals surface area contributed by atoms with E-state index in [0.29, 0.717) is 12.4 Å². The zero-order valence-corrected chi connectivity index (χ0v) is 12.0. The summed E-state index contributed by atoms with van der Waals surface area (Å²) in [7, 11) is 0. The number of aromatic amines is 1. The molecule has 0 atom stereocenters. The molecule has 0 spiro atoms. The highest BCUT2D eigenvalue weighted by atomic mass is 19.1. The number of halogens is 1. The summed E-state index contributed by atoms with van der Waals surface area (Å²) in [5.41, 5.74) is 2.68. The molecule has 114 valence electrons. The third-order valence-corrected chi connectivity index (χ3v) is 3.73. The van der Waals surface area contributed by atoms with Crippen LogP contribution < -0.4 is 5.76 Å². The van der Waals surface area contributed by atoms with Crippen LogP contribution in [0.5, 0.6) is 0 Å². The van der Waals surface area contributed by atoms with Crippen molar-refractivity contribution in [2.24, 2.45) is 0 Å². The van der Waals surface area contributed by atoms with Crippen LogP contribution in [0.2, 0.25) is 0 Å². The van der Waals surface area contributed by atoms with Crippen LogP contribution in [0.15, 0.2) is 64.0 Å². The monoisotopic (exact) mass is 309 g/mol. The highest BCUT2D eigenvalue weighted by Gasteiger charge is 2.08. The molecule has 23 heavy (non-hydrogen) atoms. The van der Waals surface area contributed by atoms with E-state index in [2.05, 4.69) is 14.7 Å². The Bertz CT molecular complexity index is 1050. The Morgan fingerprint density at radius 1 is 1.17 bits per heavy atom. The summed E-state index contributed by atoms with van der Waals surface area (Å²) in [6.45, 7) is 0.585. The lowest BCUT2D eigenvalue weighted by molar-refractivity contribution is 0.388. The number of fused-ring (bicyclic) bond motifs is 1. The molecular formula is C17H12FN3O2. The van der Waals surface area contributed by atoms with E-state index in [-0.39, 0.29) is 5.82 Å². The molecule has 5 nitrogen and oxygen atoms in total. The van der Waals surface area contributed by atoms with Crippen molar-refractivity contribution in [1.29, 1.82) is 0 Å². The number of H-pyrrole nitrogens is 1. The average molecular weight is 309 g/mol. The fourth-order valence-electron chi connectivity index (χ4n) is 2.67. The molecular weight excluding hydrogens is 297 g/mol. The van der Waals surface area contributed by atoms with Gasteiger partial charge in [0.05, 0.1) is 0 Å². The van der Waals surface area contributed by atoms with Gasteiger partial charge in [-0.3, -0.25) is 9.51 Å². The molecule has 6 heteroatoms. The number of hydrogen-bond donors (Lipinski definition) is 1. The molecule has 2 heterocycles. The Hall–Kier alpha value is -3.15. The lowest BCUT2D eigenvalue weighted by Crippen LogP contribution is -1.98. The Morgan fingerprint density at radius 3 is 2.87 bits per heavy atom. The molecule has 0 bridgehead atoms. The predicted molar refractivity (Wildman–Crippen MR) is 83.6 cm³/mol. The van der Waals surface area contributed by atoms with Crippen molar-refractivity contribution in [1.82, 2.24) is 14.7 Å². The van der Waals surface area contributed by atoms with Crippen molar-refractivity contribution in [3.8, 4) is 11.4 Å². The number of nitrogens with zero attached hydrogens (tertiary/aromatic N) is 2. The van der Waals surface area contributed by atoms with Gasteiger partial charge < -0.3 is 4.57 Å². The molecule has 0 aliphatic heterocycles. The predicted octanol–water partition coefficient (Wildman–Crippen LogP) is 3.17. The van der Waals surface area contributed by atoms with Gasteiger partial charge in [0.2, 0.25) is 0 Å². The van der Waals surface area contributed by atoms with Crippen LogP contribution in [-0.2, 0) is 6.54 Å². The third kappa shape index (κ3) is 2.55. The summed E-state index contributed by atoms with van der Waals surface area (Å²) in [6.07, 6.45) is 1.95. The number of benzene rings is 2. The van der Waals surface area contributed by atoms with Gasteiger partial charge in [-0.1, -0.05) is 17.3 Å². The average Bonchev–Trinajstić information content (AvgIpc) is 3.14. The van der Waals surface area contributed by atoms with Crippen molar-refractivity contribution >= 4 is 10.9 Å². The fourth-order valence-corrected chi connectivity index (χ4v) is 2.67. The number of rotatable bonds is 3. The van der Waals surface area contributed by atoms with E-state index in [1.54, 1.807) is 6.07 Å². The standard InChI is InChI=1S/C17H12FN3O2/c18-14-3-1-2-11(8-14)10-21-7-6-12-9-13(4-5-15(12)21)16-19-17(22)23-20-16/h1-9H,10H2,(H,19,20,22). The Balaban J connectivity index is 1.71. The van der Waals surface area contributed by atoms with E-state index >= 15 is 0 Å². The second kappa shape index (κ2) is 5.24. The largest absolute Gasteiger partial charge is 0.439 e. The maximum Gasteiger partial charge on any atom is 0.439 e. The maximum atomic E-state index is 13.3. The summed E-state index contributed by atoms with van der Waals surface area (Å²) in [4.78, 5) is 13.6. The van der Waals surface area contributed by atoms with Crippen molar-refractivity contribution in [3.05, 3.63) is 76.7 Å². The molecule has 4 aromatic rings. The van der Waals surface area contributed by atoms with Crippen molar-refractivity contribution in [2.75, 3.05) is 0 Å². The second-order valence-corrected chi connectivity index (χ2v) is 5.29. The summed E-state index contributed by atoms with van der Waals surface area (Å²) in [5.74, 6) is -0.421. The topological polar surface area (TPSA) is 63.8 Å². The molecule has 0 unspecified atom stereocenters. The molecule has 0 saturated heterocycles. The van der Waals surface area contributed by atoms with Gasteiger partial charge >= 0.3 is 5.76 Å². The van der Waals surface area contributed by atoms with E-state index < -0.39 is 5.76 Å². The fraction of sp³-hybridized carbons (Fsp3) is 0.0588. The minimum absolute atomic E-state index is 0.240. The van der Waals surface area contributed by atoms with E-state index in [9.17, 15) is 9.18 Å². The van der Waals surface area contributed by atoms with Gasteiger partial charge in [-0.05, 0) is 42.0 Å². The van der Waals surface area contributed by atoms with Gasteiger partial charge in [0.25, 0.3) is 0 Å². The minimum Gasteiger partial charge on any atom is -0.343 e. The van der Waals surface area contributed by atoms with Gasteiger partial charge in [-0.15, -0.1) is 0 Å². The molecule has 0 radical (unpaired) electrons. The van der Waals surface area contributed by atoms with E-state index in [4.69, 9.17) is 0 Å². The number of nitrogens with one attached hydrogen (secondary N) is 1. The van der Waals surface area contributed by atoms with Crippen molar-refractivity contribution in [3.63, 3.8) is 0 Å². The van der Waals surface area contributed by atoms with Crippen molar-refractivity contribution in [2.45, 2.75) is 6.54 Å². The van der Waals surface area contributed by atoms with Gasteiger partial charge in [0.15, 0.2) is 5.82 Å². The highest BCUT2D eigenvalue weighted by Crippen LogP contribution is 2.23. The van der Waals surface area contributed by atoms with Crippen LogP contribution in [0, 0.1) is 5.82 Å². The summed E-state index contributed by atoms with van der Waals surface area (Å²) < 4.78 is 19.9. The zero-order valence-electron chi connectivity index (χ0n) is 12.0. The highest BCUT2D eigenvalue weighted by molar-refractivity contribution is 5.84.